The minimum Gasteiger partial charge on any atom is -0.494 e. The second-order valence-corrected chi connectivity index (χ2v) is 12.9. The fraction of sp³-hybridized carbons (Fsp3) is 0.375. The third kappa shape index (κ3) is 8.65. The standard InChI is InChI=1S/C32H39Cl2N3O5S/c1-6-23(5)35-32(39)30(7-2)36(20-27-28(33)10-9-11-29(27)34)31(38)21-37(24-14-12-22(4)13-15-24)43(40,41)26-18-16-25(17-19-26)42-8-3/h9-19,23,30H,6-8,20-21H2,1-5H3,(H,35,39). The number of hydrogen-bond donors (Lipinski definition) is 1. The normalized spacial score (nSPS) is 12.7. The van der Waals surface area contributed by atoms with Crippen molar-refractivity contribution in [3.05, 3.63) is 87.9 Å². The van der Waals surface area contributed by atoms with E-state index in [1.54, 1.807) is 61.5 Å². The number of aryl methyl sites for hydroxylation is 1. The molecule has 0 aromatic heterocycles. The first-order valence-corrected chi connectivity index (χ1v) is 16.5. The molecule has 43 heavy (non-hydrogen) atoms. The average molecular weight is 649 g/mol. The van der Waals surface area contributed by atoms with Crippen LogP contribution in [-0.2, 0) is 26.2 Å². The van der Waals surface area contributed by atoms with E-state index in [1.807, 2.05) is 27.7 Å². The predicted octanol–water partition coefficient (Wildman–Crippen LogP) is 6.62. The summed E-state index contributed by atoms with van der Waals surface area (Å²) in [6, 6.07) is 16.9. The third-order valence-corrected chi connectivity index (χ3v) is 9.60. The van der Waals surface area contributed by atoms with Crippen molar-refractivity contribution >= 4 is 50.7 Å². The lowest BCUT2D eigenvalue weighted by molar-refractivity contribution is -0.140. The van der Waals surface area contributed by atoms with E-state index in [1.165, 1.54) is 17.0 Å². The zero-order valence-electron chi connectivity index (χ0n) is 25.1. The molecule has 1 N–H and O–H groups in total. The van der Waals surface area contributed by atoms with Crippen LogP contribution >= 0.6 is 23.2 Å². The molecule has 3 rings (SSSR count). The molecular formula is C32H39Cl2N3O5S. The predicted molar refractivity (Wildman–Crippen MR) is 172 cm³/mol. The topological polar surface area (TPSA) is 96.0 Å². The maximum Gasteiger partial charge on any atom is 0.264 e. The Labute approximate surface area is 265 Å². The summed E-state index contributed by atoms with van der Waals surface area (Å²) in [7, 11) is -4.21. The summed E-state index contributed by atoms with van der Waals surface area (Å²) < 4.78 is 34.7. The Morgan fingerprint density at radius 3 is 2.05 bits per heavy atom. The second-order valence-electron chi connectivity index (χ2n) is 10.2. The maximum atomic E-state index is 14.2. The highest BCUT2D eigenvalue weighted by Crippen LogP contribution is 2.29. The number of anilines is 1. The van der Waals surface area contributed by atoms with E-state index in [4.69, 9.17) is 27.9 Å². The van der Waals surface area contributed by atoms with Crippen LogP contribution < -0.4 is 14.4 Å². The molecule has 2 amide bonds. The highest BCUT2D eigenvalue weighted by molar-refractivity contribution is 7.92. The second kappa shape index (κ2) is 15.5. The third-order valence-electron chi connectivity index (χ3n) is 7.10. The number of sulfonamides is 1. The molecule has 0 heterocycles. The molecule has 0 aliphatic rings. The Morgan fingerprint density at radius 1 is 0.907 bits per heavy atom. The Bertz CT molecular complexity index is 1480. The van der Waals surface area contributed by atoms with Gasteiger partial charge in [0.25, 0.3) is 10.0 Å². The summed E-state index contributed by atoms with van der Waals surface area (Å²) in [5.41, 5.74) is 1.70. The number of hydrogen-bond acceptors (Lipinski definition) is 5. The van der Waals surface area contributed by atoms with E-state index in [0.717, 1.165) is 9.87 Å². The van der Waals surface area contributed by atoms with E-state index in [9.17, 15) is 18.0 Å². The van der Waals surface area contributed by atoms with Crippen molar-refractivity contribution in [3.8, 4) is 5.75 Å². The van der Waals surface area contributed by atoms with Crippen LogP contribution in [-0.4, -0.2) is 50.4 Å². The van der Waals surface area contributed by atoms with Crippen LogP contribution in [0, 0.1) is 6.92 Å². The van der Waals surface area contributed by atoms with Gasteiger partial charge in [0, 0.05) is 28.2 Å². The highest BCUT2D eigenvalue weighted by Gasteiger charge is 2.34. The van der Waals surface area contributed by atoms with Crippen molar-refractivity contribution in [1.29, 1.82) is 0 Å². The number of carbonyl (C=O) groups is 2. The van der Waals surface area contributed by atoms with E-state index in [0.29, 0.717) is 40.1 Å². The number of carbonyl (C=O) groups excluding carboxylic acids is 2. The Kier molecular flexibility index (Phi) is 12.3. The average Bonchev–Trinajstić information content (AvgIpc) is 2.98. The van der Waals surface area contributed by atoms with Crippen molar-refractivity contribution in [2.24, 2.45) is 0 Å². The van der Waals surface area contributed by atoms with Crippen LogP contribution in [0.2, 0.25) is 10.0 Å². The van der Waals surface area contributed by atoms with E-state index in [2.05, 4.69) is 5.32 Å². The molecule has 0 spiro atoms. The molecule has 2 unspecified atom stereocenters. The van der Waals surface area contributed by atoms with Gasteiger partial charge < -0.3 is 15.0 Å². The largest absolute Gasteiger partial charge is 0.494 e. The SMILES string of the molecule is CCOc1ccc(S(=O)(=O)N(CC(=O)N(Cc2c(Cl)cccc2Cl)C(CC)C(=O)NC(C)CC)c2ccc(C)cc2)cc1. The first-order valence-electron chi connectivity index (χ1n) is 14.3. The number of nitrogens with zero attached hydrogens (tertiary/aromatic N) is 2. The molecule has 0 aliphatic heterocycles. The van der Waals surface area contributed by atoms with Crippen molar-refractivity contribution in [2.75, 3.05) is 17.5 Å². The molecule has 0 saturated heterocycles. The fourth-order valence-corrected chi connectivity index (χ4v) is 6.39. The van der Waals surface area contributed by atoms with Gasteiger partial charge in [0.15, 0.2) is 0 Å². The van der Waals surface area contributed by atoms with Gasteiger partial charge in [-0.3, -0.25) is 13.9 Å². The van der Waals surface area contributed by atoms with Gasteiger partial charge in [-0.1, -0.05) is 60.8 Å². The summed E-state index contributed by atoms with van der Waals surface area (Å²) in [4.78, 5) is 29.0. The molecular weight excluding hydrogens is 609 g/mol. The van der Waals surface area contributed by atoms with Crippen molar-refractivity contribution in [1.82, 2.24) is 10.2 Å². The van der Waals surface area contributed by atoms with Crippen LogP contribution in [0.4, 0.5) is 5.69 Å². The van der Waals surface area contributed by atoms with Gasteiger partial charge >= 0.3 is 0 Å². The van der Waals surface area contributed by atoms with Crippen LogP contribution in [0.3, 0.4) is 0 Å². The molecule has 0 radical (unpaired) electrons. The van der Waals surface area contributed by atoms with Crippen molar-refractivity contribution in [3.63, 3.8) is 0 Å². The smallest absolute Gasteiger partial charge is 0.264 e. The van der Waals surface area contributed by atoms with Crippen molar-refractivity contribution < 1.29 is 22.7 Å². The van der Waals surface area contributed by atoms with Crippen LogP contribution in [0.15, 0.2) is 71.6 Å². The zero-order valence-corrected chi connectivity index (χ0v) is 27.5. The number of halogens is 2. The van der Waals surface area contributed by atoms with E-state index >= 15 is 0 Å². The van der Waals surface area contributed by atoms with Crippen LogP contribution in [0.1, 0.15) is 51.7 Å². The molecule has 8 nitrogen and oxygen atoms in total. The molecule has 2 atom stereocenters. The quantitative estimate of drug-likeness (QED) is 0.212. The molecule has 232 valence electrons. The monoisotopic (exact) mass is 647 g/mol. The van der Waals surface area contributed by atoms with Crippen LogP contribution in [0.5, 0.6) is 5.75 Å². The molecule has 0 bridgehead atoms. The first-order chi connectivity index (χ1) is 20.4. The van der Waals surface area contributed by atoms with Gasteiger partial charge in [-0.15, -0.1) is 0 Å². The minimum absolute atomic E-state index is 0.00779. The molecule has 3 aromatic carbocycles. The number of nitrogens with one attached hydrogen (secondary N) is 1. The van der Waals surface area contributed by atoms with Gasteiger partial charge in [0.1, 0.15) is 18.3 Å². The van der Waals surface area contributed by atoms with Gasteiger partial charge in [0.2, 0.25) is 11.8 Å². The van der Waals surface area contributed by atoms with E-state index in [-0.39, 0.29) is 29.8 Å². The van der Waals surface area contributed by atoms with Gasteiger partial charge in [-0.25, -0.2) is 8.42 Å². The lowest BCUT2D eigenvalue weighted by Crippen LogP contribution is -2.53. The maximum absolute atomic E-state index is 14.2. The fourth-order valence-electron chi connectivity index (χ4n) is 4.46. The number of ether oxygens (including phenoxy) is 1. The lowest BCUT2D eigenvalue weighted by atomic mass is 10.1. The van der Waals surface area contributed by atoms with Gasteiger partial charge in [-0.2, -0.15) is 0 Å². The summed E-state index contributed by atoms with van der Waals surface area (Å²) in [6.45, 7) is 9.13. The molecule has 11 heteroatoms. The number of benzene rings is 3. The Morgan fingerprint density at radius 2 is 1.51 bits per heavy atom. The lowest BCUT2D eigenvalue weighted by Gasteiger charge is -2.34. The minimum atomic E-state index is -4.21. The Hall–Kier alpha value is -3.27. The van der Waals surface area contributed by atoms with Gasteiger partial charge in [-0.05, 0) is 82.1 Å². The van der Waals surface area contributed by atoms with Crippen molar-refractivity contribution in [2.45, 2.75) is 71.0 Å². The highest BCUT2D eigenvalue weighted by atomic mass is 35.5. The molecule has 0 saturated carbocycles. The number of amides is 2. The van der Waals surface area contributed by atoms with E-state index < -0.39 is 28.5 Å². The first kappa shape index (κ1) is 34.2. The summed E-state index contributed by atoms with van der Waals surface area (Å²) in [5.74, 6) is -0.401. The molecule has 3 aromatic rings. The molecule has 0 fully saturated rings. The van der Waals surface area contributed by atoms with Crippen LogP contribution in [0.25, 0.3) is 0 Å². The molecule has 0 aliphatic carbocycles. The Balaban J connectivity index is 2.09. The van der Waals surface area contributed by atoms with Gasteiger partial charge in [0.05, 0.1) is 17.2 Å². The summed E-state index contributed by atoms with van der Waals surface area (Å²) in [5, 5.41) is 3.62. The zero-order chi connectivity index (χ0) is 31.7. The summed E-state index contributed by atoms with van der Waals surface area (Å²) in [6.07, 6.45) is 0.986. The summed E-state index contributed by atoms with van der Waals surface area (Å²) >= 11 is 13.0. The number of rotatable bonds is 14.